The van der Waals surface area contributed by atoms with Crippen LogP contribution in [0.3, 0.4) is 0 Å². The molecule has 0 radical (unpaired) electrons. The van der Waals surface area contributed by atoms with E-state index in [1.807, 2.05) is 0 Å². The van der Waals surface area contributed by atoms with Gasteiger partial charge in [-0.3, -0.25) is 4.79 Å². The number of nitriles is 1. The fourth-order valence-electron chi connectivity index (χ4n) is 1.66. The van der Waals surface area contributed by atoms with Crippen LogP contribution in [0.4, 0.5) is 8.78 Å². The third-order valence-electron chi connectivity index (χ3n) is 2.79. The molecule has 4 nitrogen and oxygen atoms in total. The zero-order chi connectivity index (χ0) is 15.4. The van der Waals surface area contributed by atoms with E-state index in [1.54, 1.807) is 6.07 Å². The van der Waals surface area contributed by atoms with Gasteiger partial charge in [0.1, 0.15) is 30.1 Å². The van der Waals surface area contributed by atoms with Crippen LogP contribution in [0.2, 0.25) is 0 Å². The molecule has 2 rings (SSSR count). The Labute approximate surface area is 119 Å². The van der Waals surface area contributed by atoms with Gasteiger partial charge in [-0.25, -0.2) is 8.78 Å². The van der Waals surface area contributed by atoms with Crippen LogP contribution < -0.4 is 10.5 Å². The van der Waals surface area contributed by atoms with Crippen molar-refractivity contribution in [3.63, 3.8) is 0 Å². The second kappa shape index (κ2) is 6.01. The lowest BCUT2D eigenvalue weighted by atomic mass is 10.1. The molecule has 0 unspecified atom stereocenters. The van der Waals surface area contributed by atoms with E-state index in [-0.39, 0.29) is 29.0 Å². The van der Waals surface area contributed by atoms with E-state index in [0.717, 1.165) is 12.1 Å². The molecular formula is C15H10F2N2O2. The van der Waals surface area contributed by atoms with Crippen molar-refractivity contribution in [2.75, 3.05) is 0 Å². The van der Waals surface area contributed by atoms with E-state index in [1.165, 1.54) is 24.3 Å². The first-order valence-corrected chi connectivity index (χ1v) is 5.92. The third-order valence-corrected chi connectivity index (χ3v) is 2.79. The van der Waals surface area contributed by atoms with E-state index in [4.69, 9.17) is 15.7 Å². The zero-order valence-electron chi connectivity index (χ0n) is 10.8. The Bertz CT molecular complexity index is 739. The monoisotopic (exact) mass is 288 g/mol. The number of nitrogens with zero attached hydrogens (tertiary/aromatic N) is 1. The lowest BCUT2D eigenvalue weighted by Gasteiger charge is -2.08. The van der Waals surface area contributed by atoms with E-state index in [0.29, 0.717) is 0 Å². The predicted molar refractivity (Wildman–Crippen MR) is 70.4 cm³/mol. The lowest BCUT2D eigenvalue weighted by molar-refractivity contribution is 0.0999. The standard InChI is InChI=1S/C15H10F2N2O2/c16-13-5-9(15(19)20)1-2-11(13)8-21-12-4-3-10(7-18)14(17)6-12/h1-6H,8H2,(H2,19,20). The minimum Gasteiger partial charge on any atom is -0.489 e. The van der Waals surface area contributed by atoms with Crippen LogP contribution in [-0.2, 0) is 6.61 Å². The Balaban J connectivity index is 2.11. The summed E-state index contributed by atoms with van der Waals surface area (Å²) >= 11 is 0. The first-order chi connectivity index (χ1) is 10.0. The molecule has 0 saturated carbocycles. The van der Waals surface area contributed by atoms with Crippen molar-refractivity contribution in [1.82, 2.24) is 0 Å². The molecule has 2 N–H and O–H groups in total. The van der Waals surface area contributed by atoms with E-state index < -0.39 is 17.5 Å². The molecule has 0 heterocycles. The minimum absolute atomic E-state index is 0.0562. The second-order valence-electron chi connectivity index (χ2n) is 4.21. The summed E-state index contributed by atoms with van der Waals surface area (Å²) in [6, 6.07) is 9.19. The molecule has 2 aromatic rings. The van der Waals surface area contributed by atoms with Crippen molar-refractivity contribution in [2.45, 2.75) is 6.61 Å². The highest BCUT2D eigenvalue weighted by Crippen LogP contribution is 2.18. The van der Waals surface area contributed by atoms with E-state index >= 15 is 0 Å². The molecule has 106 valence electrons. The molecule has 0 aliphatic carbocycles. The molecule has 0 atom stereocenters. The van der Waals surface area contributed by atoms with Crippen LogP contribution in [0.1, 0.15) is 21.5 Å². The van der Waals surface area contributed by atoms with Crippen LogP contribution in [0.25, 0.3) is 0 Å². The largest absolute Gasteiger partial charge is 0.489 e. The highest BCUT2D eigenvalue weighted by atomic mass is 19.1. The maximum Gasteiger partial charge on any atom is 0.248 e. The maximum atomic E-state index is 13.7. The van der Waals surface area contributed by atoms with Crippen LogP contribution in [0.15, 0.2) is 36.4 Å². The van der Waals surface area contributed by atoms with Crippen LogP contribution >= 0.6 is 0 Å². The second-order valence-corrected chi connectivity index (χ2v) is 4.21. The summed E-state index contributed by atoms with van der Waals surface area (Å²) in [5.41, 5.74) is 5.19. The maximum absolute atomic E-state index is 13.7. The minimum atomic E-state index is -0.726. The number of ether oxygens (including phenoxy) is 1. The number of nitrogens with two attached hydrogens (primary N) is 1. The molecule has 0 fully saturated rings. The van der Waals surface area contributed by atoms with Gasteiger partial charge < -0.3 is 10.5 Å². The molecule has 21 heavy (non-hydrogen) atoms. The fourth-order valence-corrected chi connectivity index (χ4v) is 1.66. The summed E-state index contributed by atoms with van der Waals surface area (Å²) in [6.45, 7) is -0.143. The number of rotatable bonds is 4. The van der Waals surface area contributed by atoms with Crippen LogP contribution in [0.5, 0.6) is 5.75 Å². The van der Waals surface area contributed by atoms with Crippen molar-refractivity contribution in [2.24, 2.45) is 5.73 Å². The summed E-state index contributed by atoms with van der Waals surface area (Å²) in [6.07, 6.45) is 0. The number of primary amides is 1. The number of halogens is 2. The van der Waals surface area contributed by atoms with Crippen molar-refractivity contribution in [3.8, 4) is 11.8 Å². The zero-order valence-corrected chi connectivity index (χ0v) is 10.8. The summed E-state index contributed by atoms with van der Waals surface area (Å²) in [5.74, 6) is -1.90. The normalized spacial score (nSPS) is 9.95. The van der Waals surface area contributed by atoms with Gasteiger partial charge in [0.25, 0.3) is 0 Å². The molecule has 0 aliphatic heterocycles. The molecule has 0 aromatic heterocycles. The molecule has 0 saturated heterocycles. The van der Waals surface area contributed by atoms with Crippen molar-refractivity contribution < 1.29 is 18.3 Å². The van der Waals surface area contributed by atoms with Gasteiger partial charge in [-0.15, -0.1) is 0 Å². The third kappa shape index (κ3) is 3.34. The summed E-state index contributed by atoms with van der Waals surface area (Å²) in [5, 5.41) is 8.61. The number of amides is 1. The highest BCUT2D eigenvalue weighted by molar-refractivity contribution is 5.92. The molecule has 6 heteroatoms. The van der Waals surface area contributed by atoms with Crippen molar-refractivity contribution in [1.29, 1.82) is 5.26 Å². The molecule has 0 spiro atoms. The fraction of sp³-hybridized carbons (Fsp3) is 0.0667. The SMILES string of the molecule is N#Cc1ccc(OCc2ccc(C(N)=O)cc2F)cc1F. The Morgan fingerprint density at radius 3 is 2.52 bits per heavy atom. The first kappa shape index (κ1) is 14.5. The van der Waals surface area contributed by atoms with Crippen molar-refractivity contribution >= 4 is 5.91 Å². The topological polar surface area (TPSA) is 76.1 Å². The molecular weight excluding hydrogens is 278 g/mol. The summed E-state index contributed by atoms with van der Waals surface area (Å²) in [4.78, 5) is 10.9. The number of carbonyl (C=O) groups excluding carboxylic acids is 1. The first-order valence-electron chi connectivity index (χ1n) is 5.92. The number of hydrogen-bond donors (Lipinski definition) is 1. The van der Waals surface area contributed by atoms with E-state index in [9.17, 15) is 13.6 Å². The lowest BCUT2D eigenvalue weighted by Crippen LogP contribution is -2.11. The smallest absolute Gasteiger partial charge is 0.248 e. The highest BCUT2D eigenvalue weighted by Gasteiger charge is 2.09. The Morgan fingerprint density at radius 1 is 1.19 bits per heavy atom. The number of carbonyl (C=O) groups is 1. The quantitative estimate of drug-likeness (QED) is 0.939. The number of hydrogen-bond acceptors (Lipinski definition) is 3. The predicted octanol–water partition coefficient (Wildman–Crippen LogP) is 2.51. The molecule has 1 amide bonds. The van der Waals surface area contributed by atoms with Gasteiger partial charge in [0.2, 0.25) is 5.91 Å². The molecule has 2 aromatic carbocycles. The van der Waals surface area contributed by atoms with Crippen molar-refractivity contribution in [3.05, 3.63) is 64.7 Å². The van der Waals surface area contributed by atoms with E-state index in [2.05, 4.69) is 0 Å². The van der Waals surface area contributed by atoms with Gasteiger partial charge >= 0.3 is 0 Å². The van der Waals surface area contributed by atoms with Crippen LogP contribution in [-0.4, -0.2) is 5.91 Å². The van der Waals surface area contributed by atoms with Gasteiger partial charge in [-0.2, -0.15) is 5.26 Å². The van der Waals surface area contributed by atoms with Gasteiger partial charge in [-0.1, -0.05) is 6.07 Å². The molecule has 0 bridgehead atoms. The Hall–Kier alpha value is -2.94. The Morgan fingerprint density at radius 2 is 1.95 bits per heavy atom. The van der Waals surface area contributed by atoms with Gasteiger partial charge in [0, 0.05) is 17.2 Å². The van der Waals surface area contributed by atoms with Crippen LogP contribution in [0, 0.1) is 23.0 Å². The van der Waals surface area contributed by atoms with Gasteiger partial charge in [-0.05, 0) is 24.3 Å². The summed E-state index contributed by atoms with van der Waals surface area (Å²) < 4.78 is 32.3. The average Bonchev–Trinajstić information content (AvgIpc) is 2.46. The van der Waals surface area contributed by atoms with Gasteiger partial charge in [0.15, 0.2) is 0 Å². The molecule has 0 aliphatic rings. The van der Waals surface area contributed by atoms with Gasteiger partial charge in [0.05, 0.1) is 5.56 Å². The average molecular weight is 288 g/mol. The number of benzene rings is 2. The summed E-state index contributed by atoms with van der Waals surface area (Å²) in [7, 11) is 0. The Kier molecular flexibility index (Phi) is 4.14.